The predicted molar refractivity (Wildman–Crippen MR) is 92.6 cm³/mol. The molecule has 0 radical (unpaired) electrons. The summed E-state index contributed by atoms with van der Waals surface area (Å²) in [6.07, 6.45) is 2.39. The third kappa shape index (κ3) is 3.21. The van der Waals surface area contributed by atoms with Gasteiger partial charge in [0.25, 0.3) is 5.91 Å². The third-order valence-electron chi connectivity index (χ3n) is 4.34. The second-order valence-electron chi connectivity index (χ2n) is 6.02. The van der Waals surface area contributed by atoms with Crippen LogP contribution in [0.1, 0.15) is 34.0 Å². The van der Waals surface area contributed by atoms with Crippen LogP contribution in [0.5, 0.6) is 0 Å². The Balaban J connectivity index is 1.48. The lowest BCUT2D eigenvalue weighted by molar-refractivity contribution is -0.141. The molecule has 4 nitrogen and oxygen atoms in total. The van der Waals surface area contributed by atoms with Crippen molar-refractivity contribution in [1.82, 2.24) is 9.88 Å². The molecule has 1 aromatic carbocycles. The number of hydrogen-bond donors (Lipinski definition) is 0. The van der Waals surface area contributed by atoms with Crippen LogP contribution < -0.4 is 0 Å². The topological polar surface area (TPSA) is 42.4 Å². The van der Waals surface area contributed by atoms with Crippen molar-refractivity contribution in [3.63, 3.8) is 0 Å². The Bertz CT molecular complexity index is 798. The summed E-state index contributed by atoms with van der Waals surface area (Å²) < 4.78 is 5.52. The van der Waals surface area contributed by atoms with Crippen LogP contribution in [-0.2, 0) is 22.5 Å². The number of nitrogens with zero attached hydrogens (tertiary/aromatic N) is 2. The second kappa shape index (κ2) is 6.76. The van der Waals surface area contributed by atoms with Crippen LogP contribution >= 0.6 is 11.3 Å². The summed E-state index contributed by atoms with van der Waals surface area (Å²) in [6, 6.07) is 9.91. The van der Waals surface area contributed by atoms with Gasteiger partial charge in [-0.05, 0) is 30.9 Å². The Morgan fingerprint density at radius 3 is 2.96 bits per heavy atom. The number of amides is 1. The fraction of sp³-hybridized carbons (Fsp3) is 0.368. The molecule has 1 fully saturated rings. The molecule has 0 spiro atoms. The van der Waals surface area contributed by atoms with Crippen molar-refractivity contribution in [2.24, 2.45) is 0 Å². The van der Waals surface area contributed by atoms with Crippen LogP contribution in [-0.4, -0.2) is 35.0 Å². The fourth-order valence-electron chi connectivity index (χ4n) is 3.06. The molecule has 0 saturated carbocycles. The molecule has 0 aliphatic carbocycles. The SMILES string of the molecule is O=C(C1CCCO1)N1CCc2nc(C#Cc3ccccc3)sc2C1. The first kappa shape index (κ1) is 15.4. The molecule has 1 aromatic heterocycles. The number of aromatic nitrogens is 1. The lowest BCUT2D eigenvalue weighted by Crippen LogP contribution is -2.41. The predicted octanol–water partition coefficient (Wildman–Crippen LogP) is 2.61. The minimum absolute atomic E-state index is 0.128. The van der Waals surface area contributed by atoms with Crippen LogP contribution in [0.3, 0.4) is 0 Å². The van der Waals surface area contributed by atoms with Gasteiger partial charge in [0.15, 0.2) is 5.01 Å². The molecule has 1 saturated heterocycles. The standard InChI is InChI=1S/C19H18N2O2S/c22-19(16-7-4-12-23-16)21-11-10-15-17(13-21)24-18(20-15)9-8-14-5-2-1-3-6-14/h1-3,5-6,16H,4,7,10-13H2. The van der Waals surface area contributed by atoms with E-state index in [1.165, 1.54) is 0 Å². The Hall–Kier alpha value is -2.16. The van der Waals surface area contributed by atoms with Gasteiger partial charge in [0.1, 0.15) is 6.10 Å². The van der Waals surface area contributed by atoms with Gasteiger partial charge >= 0.3 is 0 Å². The van der Waals surface area contributed by atoms with E-state index in [4.69, 9.17) is 4.74 Å². The van der Waals surface area contributed by atoms with E-state index < -0.39 is 0 Å². The molecule has 3 heterocycles. The Morgan fingerprint density at radius 1 is 1.29 bits per heavy atom. The summed E-state index contributed by atoms with van der Waals surface area (Å²) in [7, 11) is 0. The van der Waals surface area contributed by atoms with Gasteiger partial charge in [0.2, 0.25) is 0 Å². The van der Waals surface area contributed by atoms with Crippen molar-refractivity contribution < 1.29 is 9.53 Å². The summed E-state index contributed by atoms with van der Waals surface area (Å²) in [6.45, 7) is 2.06. The summed E-state index contributed by atoms with van der Waals surface area (Å²) >= 11 is 1.60. The average Bonchev–Trinajstić information content (AvgIpc) is 3.29. The van der Waals surface area contributed by atoms with E-state index in [2.05, 4.69) is 16.8 Å². The third-order valence-corrected chi connectivity index (χ3v) is 5.33. The Morgan fingerprint density at radius 2 is 2.17 bits per heavy atom. The molecule has 4 rings (SSSR count). The molecule has 2 aromatic rings. The smallest absolute Gasteiger partial charge is 0.252 e. The number of benzene rings is 1. The number of hydrogen-bond acceptors (Lipinski definition) is 4. The fourth-order valence-corrected chi connectivity index (χ4v) is 4.04. The summed E-state index contributed by atoms with van der Waals surface area (Å²) in [5, 5.41) is 0.829. The summed E-state index contributed by atoms with van der Waals surface area (Å²) in [5.74, 6) is 6.42. The molecule has 24 heavy (non-hydrogen) atoms. The Labute approximate surface area is 145 Å². The zero-order valence-electron chi connectivity index (χ0n) is 13.3. The quantitative estimate of drug-likeness (QED) is 0.751. The maximum Gasteiger partial charge on any atom is 0.252 e. The molecular formula is C19H18N2O2S. The molecule has 2 aliphatic rings. The highest BCUT2D eigenvalue weighted by Gasteiger charge is 2.31. The molecule has 1 unspecified atom stereocenters. The number of thiazole rings is 1. The van der Waals surface area contributed by atoms with Gasteiger partial charge in [-0.3, -0.25) is 4.79 Å². The molecule has 1 amide bonds. The first-order valence-corrected chi connectivity index (χ1v) is 9.07. The second-order valence-corrected chi connectivity index (χ2v) is 7.10. The maximum atomic E-state index is 12.5. The van der Waals surface area contributed by atoms with E-state index in [-0.39, 0.29) is 12.0 Å². The number of rotatable bonds is 1. The Kier molecular flexibility index (Phi) is 4.33. The van der Waals surface area contributed by atoms with Gasteiger partial charge in [-0.2, -0.15) is 0 Å². The van der Waals surface area contributed by atoms with Crippen LogP contribution in [0.4, 0.5) is 0 Å². The largest absolute Gasteiger partial charge is 0.368 e. The highest BCUT2D eigenvalue weighted by Crippen LogP contribution is 2.26. The monoisotopic (exact) mass is 338 g/mol. The lowest BCUT2D eigenvalue weighted by atomic mass is 10.1. The molecule has 5 heteroatoms. The number of ether oxygens (including phenoxy) is 1. The molecule has 1 atom stereocenters. The average molecular weight is 338 g/mol. The summed E-state index contributed by atoms with van der Waals surface area (Å²) in [4.78, 5) is 20.2. The minimum atomic E-state index is -0.239. The van der Waals surface area contributed by atoms with Gasteiger partial charge in [-0.25, -0.2) is 4.98 Å². The van der Waals surface area contributed by atoms with Crippen LogP contribution in [0, 0.1) is 11.8 Å². The first-order valence-electron chi connectivity index (χ1n) is 8.25. The van der Waals surface area contributed by atoms with E-state index >= 15 is 0 Å². The van der Waals surface area contributed by atoms with Gasteiger partial charge in [0, 0.05) is 30.0 Å². The lowest BCUT2D eigenvalue weighted by Gasteiger charge is -2.28. The van der Waals surface area contributed by atoms with Crippen LogP contribution in [0.2, 0.25) is 0 Å². The van der Waals surface area contributed by atoms with Crippen LogP contribution in [0.15, 0.2) is 30.3 Å². The number of fused-ring (bicyclic) bond motifs is 1. The summed E-state index contributed by atoms with van der Waals surface area (Å²) in [5.41, 5.74) is 2.08. The number of carbonyl (C=O) groups is 1. The normalized spacial score (nSPS) is 19.5. The van der Waals surface area contributed by atoms with E-state index in [0.29, 0.717) is 13.2 Å². The first-order chi connectivity index (χ1) is 11.8. The van der Waals surface area contributed by atoms with Crippen molar-refractivity contribution in [3.05, 3.63) is 51.5 Å². The van der Waals surface area contributed by atoms with Gasteiger partial charge in [-0.15, -0.1) is 11.3 Å². The number of carbonyl (C=O) groups excluding carboxylic acids is 1. The minimum Gasteiger partial charge on any atom is -0.368 e. The van der Waals surface area contributed by atoms with E-state index in [1.807, 2.05) is 35.2 Å². The van der Waals surface area contributed by atoms with Crippen molar-refractivity contribution in [1.29, 1.82) is 0 Å². The van der Waals surface area contributed by atoms with Crippen molar-refractivity contribution in [2.45, 2.75) is 31.9 Å². The molecule has 2 aliphatic heterocycles. The van der Waals surface area contributed by atoms with Gasteiger partial charge in [-0.1, -0.05) is 24.1 Å². The zero-order valence-corrected chi connectivity index (χ0v) is 14.1. The molecule has 0 N–H and O–H groups in total. The highest BCUT2D eigenvalue weighted by molar-refractivity contribution is 7.12. The van der Waals surface area contributed by atoms with Gasteiger partial charge < -0.3 is 9.64 Å². The zero-order chi connectivity index (χ0) is 16.4. The molecule has 0 bridgehead atoms. The molecule has 122 valence electrons. The van der Waals surface area contributed by atoms with E-state index in [0.717, 1.165) is 46.9 Å². The van der Waals surface area contributed by atoms with Crippen molar-refractivity contribution in [3.8, 4) is 11.8 Å². The van der Waals surface area contributed by atoms with Crippen molar-refractivity contribution >= 4 is 17.2 Å². The van der Waals surface area contributed by atoms with Crippen molar-refractivity contribution in [2.75, 3.05) is 13.2 Å². The van der Waals surface area contributed by atoms with E-state index in [9.17, 15) is 4.79 Å². The van der Waals surface area contributed by atoms with Gasteiger partial charge in [0.05, 0.1) is 12.2 Å². The highest BCUT2D eigenvalue weighted by atomic mass is 32.1. The molecular weight excluding hydrogens is 320 g/mol. The maximum absolute atomic E-state index is 12.5. The van der Waals surface area contributed by atoms with E-state index in [1.54, 1.807) is 11.3 Å². The van der Waals surface area contributed by atoms with Crippen LogP contribution in [0.25, 0.3) is 0 Å².